The van der Waals surface area contributed by atoms with Crippen LogP contribution in [0.15, 0.2) is 24.3 Å². The summed E-state index contributed by atoms with van der Waals surface area (Å²) in [6.07, 6.45) is 5.31. The molecule has 1 aromatic carbocycles. The van der Waals surface area contributed by atoms with Gasteiger partial charge >= 0.3 is 0 Å². The van der Waals surface area contributed by atoms with E-state index in [0.717, 1.165) is 24.8 Å². The second-order valence-corrected chi connectivity index (χ2v) is 7.69. The fraction of sp³-hybridized carbons (Fsp3) is 0.650. The van der Waals surface area contributed by atoms with Crippen LogP contribution in [0.4, 0.5) is 0 Å². The van der Waals surface area contributed by atoms with Crippen molar-refractivity contribution in [1.29, 1.82) is 0 Å². The lowest BCUT2D eigenvalue weighted by Crippen LogP contribution is -2.51. The largest absolute Gasteiger partial charge is 0.394 e. The van der Waals surface area contributed by atoms with Crippen LogP contribution < -0.4 is 10.6 Å². The predicted molar refractivity (Wildman–Crippen MR) is 95.6 cm³/mol. The third-order valence-electron chi connectivity index (χ3n) is 6.26. The van der Waals surface area contributed by atoms with E-state index >= 15 is 0 Å². The first kappa shape index (κ1) is 17.4. The minimum Gasteiger partial charge on any atom is -0.394 e. The van der Waals surface area contributed by atoms with Gasteiger partial charge < -0.3 is 10.4 Å². The number of fused-ring (bicyclic) bond motifs is 1. The van der Waals surface area contributed by atoms with Gasteiger partial charge in [-0.1, -0.05) is 51.0 Å². The molecule has 4 nitrogen and oxygen atoms in total. The van der Waals surface area contributed by atoms with Crippen molar-refractivity contribution >= 4 is 5.91 Å². The molecule has 0 heterocycles. The van der Waals surface area contributed by atoms with Crippen LogP contribution in [0.5, 0.6) is 0 Å². The summed E-state index contributed by atoms with van der Waals surface area (Å²) in [5, 5.41) is 16.5. The molecule has 2 aliphatic carbocycles. The summed E-state index contributed by atoms with van der Waals surface area (Å²) in [5.74, 6) is 1.24. The van der Waals surface area contributed by atoms with Crippen LogP contribution in [0.25, 0.3) is 0 Å². The lowest BCUT2D eigenvalue weighted by Gasteiger charge is -2.35. The minimum atomic E-state index is -0.473. The Hall–Kier alpha value is -1.39. The van der Waals surface area contributed by atoms with E-state index in [0.29, 0.717) is 11.8 Å². The Bertz CT molecular complexity index is 589. The standard InChI is InChI=1S/C20H30N2O2/c1-14-6-5-9-18(15(14)2)22-19(24)12-21-20(13-23)11-10-16-7-3-4-8-17(16)20/h3-4,7-8,14-15,18,21,23H,5-6,9-13H2,1-2H3,(H,22,24). The molecule has 4 heteroatoms. The molecule has 0 aromatic heterocycles. The summed E-state index contributed by atoms with van der Waals surface area (Å²) in [5.41, 5.74) is 1.94. The highest BCUT2D eigenvalue weighted by molar-refractivity contribution is 5.78. The van der Waals surface area contributed by atoms with Gasteiger partial charge in [-0.25, -0.2) is 0 Å². The van der Waals surface area contributed by atoms with Crippen LogP contribution in [-0.4, -0.2) is 30.2 Å². The van der Waals surface area contributed by atoms with Crippen LogP contribution in [0.1, 0.15) is 50.7 Å². The number of carbonyl (C=O) groups is 1. The monoisotopic (exact) mass is 330 g/mol. The average Bonchev–Trinajstić information content (AvgIpc) is 2.97. The Morgan fingerprint density at radius 3 is 2.88 bits per heavy atom. The Morgan fingerprint density at radius 2 is 2.08 bits per heavy atom. The van der Waals surface area contributed by atoms with Crippen LogP contribution >= 0.6 is 0 Å². The van der Waals surface area contributed by atoms with Crippen molar-refractivity contribution in [3.63, 3.8) is 0 Å². The minimum absolute atomic E-state index is 0.0220. The van der Waals surface area contributed by atoms with Crippen LogP contribution in [0.3, 0.4) is 0 Å². The number of aryl methyl sites for hydroxylation is 1. The van der Waals surface area contributed by atoms with Crippen molar-refractivity contribution in [2.24, 2.45) is 11.8 Å². The van der Waals surface area contributed by atoms with E-state index in [-0.39, 0.29) is 25.1 Å². The molecule has 0 saturated heterocycles. The normalized spacial score (nSPS) is 32.4. The summed E-state index contributed by atoms with van der Waals surface area (Å²) in [6, 6.07) is 8.49. The Labute approximate surface area is 145 Å². The van der Waals surface area contributed by atoms with Crippen molar-refractivity contribution in [1.82, 2.24) is 10.6 Å². The molecular weight excluding hydrogens is 300 g/mol. The second kappa shape index (κ2) is 7.24. The fourth-order valence-corrected chi connectivity index (χ4v) is 4.38. The SMILES string of the molecule is CC1CCCC(NC(=O)CNC2(CO)CCc3ccccc32)C1C. The summed E-state index contributed by atoms with van der Waals surface area (Å²) in [4.78, 5) is 12.4. The van der Waals surface area contributed by atoms with Crippen LogP contribution in [0.2, 0.25) is 0 Å². The number of carbonyl (C=O) groups excluding carboxylic acids is 1. The first-order valence-electron chi connectivity index (χ1n) is 9.29. The number of rotatable bonds is 5. The maximum absolute atomic E-state index is 12.4. The van der Waals surface area contributed by atoms with E-state index in [1.165, 1.54) is 18.4 Å². The van der Waals surface area contributed by atoms with Crippen LogP contribution in [0, 0.1) is 11.8 Å². The molecule has 1 aromatic rings. The van der Waals surface area contributed by atoms with E-state index in [1.807, 2.05) is 12.1 Å². The zero-order valence-corrected chi connectivity index (χ0v) is 14.8. The molecule has 132 valence electrons. The van der Waals surface area contributed by atoms with E-state index in [4.69, 9.17) is 0 Å². The first-order valence-corrected chi connectivity index (χ1v) is 9.29. The molecule has 1 saturated carbocycles. The molecular formula is C20H30N2O2. The Balaban J connectivity index is 1.59. The van der Waals surface area contributed by atoms with Crippen molar-refractivity contribution in [3.05, 3.63) is 35.4 Å². The van der Waals surface area contributed by atoms with Gasteiger partial charge in [-0.2, -0.15) is 0 Å². The smallest absolute Gasteiger partial charge is 0.234 e. The highest BCUT2D eigenvalue weighted by Crippen LogP contribution is 2.36. The quantitative estimate of drug-likeness (QED) is 0.777. The van der Waals surface area contributed by atoms with Crippen molar-refractivity contribution < 1.29 is 9.90 Å². The molecule has 2 aliphatic rings. The number of aliphatic hydroxyl groups excluding tert-OH is 1. The zero-order chi connectivity index (χ0) is 17.2. The molecule has 0 spiro atoms. The average molecular weight is 330 g/mol. The highest BCUT2D eigenvalue weighted by atomic mass is 16.3. The lowest BCUT2D eigenvalue weighted by molar-refractivity contribution is -0.122. The Kier molecular flexibility index (Phi) is 5.26. The van der Waals surface area contributed by atoms with Gasteiger partial charge in [0.2, 0.25) is 5.91 Å². The van der Waals surface area contributed by atoms with Crippen LogP contribution in [-0.2, 0) is 16.8 Å². The summed E-state index contributed by atoms with van der Waals surface area (Å²) in [6.45, 7) is 4.79. The van der Waals surface area contributed by atoms with Gasteiger partial charge in [0.25, 0.3) is 0 Å². The molecule has 1 fully saturated rings. The number of nitrogens with one attached hydrogen (secondary N) is 2. The molecule has 1 amide bonds. The summed E-state index contributed by atoms with van der Waals surface area (Å²) >= 11 is 0. The van der Waals surface area contributed by atoms with E-state index in [9.17, 15) is 9.90 Å². The molecule has 24 heavy (non-hydrogen) atoms. The Morgan fingerprint density at radius 1 is 1.29 bits per heavy atom. The van der Waals surface area contributed by atoms with Gasteiger partial charge in [-0.05, 0) is 42.2 Å². The first-order chi connectivity index (χ1) is 11.6. The number of hydrogen-bond donors (Lipinski definition) is 3. The van der Waals surface area contributed by atoms with E-state index in [1.54, 1.807) is 0 Å². The molecule has 4 unspecified atom stereocenters. The molecule has 3 rings (SSSR count). The van der Waals surface area contributed by atoms with E-state index in [2.05, 4.69) is 36.6 Å². The zero-order valence-electron chi connectivity index (χ0n) is 14.8. The maximum atomic E-state index is 12.4. The second-order valence-electron chi connectivity index (χ2n) is 7.69. The van der Waals surface area contributed by atoms with Gasteiger partial charge in [0.05, 0.1) is 18.7 Å². The van der Waals surface area contributed by atoms with Gasteiger partial charge in [0.15, 0.2) is 0 Å². The molecule has 0 radical (unpaired) electrons. The number of benzene rings is 1. The van der Waals surface area contributed by atoms with Gasteiger partial charge in [-0.15, -0.1) is 0 Å². The van der Waals surface area contributed by atoms with Crippen molar-refractivity contribution in [3.8, 4) is 0 Å². The molecule has 0 aliphatic heterocycles. The molecule has 0 bridgehead atoms. The summed E-state index contributed by atoms with van der Waals surface area (Å²) < 4.78 is 0. The maximum Gasteiger partial charge on any atom is 0.234 e. The van der Waals surface area contributed by atoms with Gasteiger partial charge in [0, 0.05) is 6.04 Å². The topological polar surface area (TPSA) is 61.4 Å². The van der Waals surface area contributed by atoms with Crippen molar-refractivity contribution in [2.75, 3.05) is 13.2 Å². The van der Waals surface area contributed by atoms with Gasteiger partial charge in [0.1, 0.15) is 0 Å². The molecule has 3 N–H and O–H groups in total. The number of amides is 1. The van der Waals surface area contributed by atoms with E-state index < -0.39 is 5.54 Å². The predicted octanol–water partition coefficient (Wildman–Crippen LogP) is 2.35. The third-order valence-corrected chi connectivity index (χ3v) is 6.26. The fourth-order valence-electron chi connectivity index (χ4n) is 4.38. The molecule has 4 atom stereocenters. The summed E-state index contributed by atoms with van der Waals surface area (Å²) in [7, 11) is 0. The highest BCUT2D eigenvalue weighted by Gasteiger charge is 2.38. The number of hydrogen-bond acceptors (Lipinski definition) is 3. The van der Waals surface area contributed by atoms with Gasteiger partial charge in [-0.3, -0.25) is 10.1 Å². The lowest BCUT2D eigenvalue weighted by atomic mass is 9.78. The third kappa shape index (κ3) is 3.35. The number of aliphatic hydroxyl groups is 1. The van der Waals surface area contributed by atoms with Crippen molar-refractivity contribution in [2.45, 2.75) is 57.5 Å².